The van der Waals surface area contributed by atoms with Crippen LogP contribution in [0.25, 0.3) is 0 Å². The Labute approximate surface area is 117 Å². The molecule has 0 spiro atoms. The lowest BCUT2D eigenvalue weighted by Crippen LogP contribution is -2.06. The molecule has 0 aliphatic carbocycles. The van der Waals surface area contributed by atoms with Gasteiger partial charge in [0, 0.05) is 0 Å². The lowest BCUT2D eigenvalue weighted by atomic mass is 9.98. The fourth-order valence-electron chi connectivity index (χ4n) is 2.04. The molecule has 0 bridgehead atoms. The number of rotatable bonds is 3. The van der Waals surface area contributed by atoms with Gasteiger partial charge in [0.2, 0.25) is 5.78 Å². The molecule has 7 nitrogen and oxygen atoms in total. The van der Waals surface area contributed by atoms with Gasteiger partial charge < -0.3 is 15.3 Å². The van der Waals surface area contributed by atoms with Gasteiger partial charge in [0.25, 0.3) is 0 Å². The molecule has 2 aromatic rings. The Morgan fingerprint density at radius 1 is 0.857 bits per heavy atom. The molecule has 2 aromatic carbocycles. The SMILES string of the molecule is O=C(O)c1cccc(C(=O)c2ccc3c(c2O)N=N3)c1O. The van der Waals surface area contributed by atoms with Crippen molar-refractivity contribution in [3.63, 3.8) is 0 Å². The van der Waals surface area contributed by atoms with Crippen molar-refractivity contribution in [1.82, 2.24) is 0 Å². The van der Waals surface area contributed by atoms with Gasteiger partial charge in [-0.2, -0.15) is 0 Å². The second-order valence-corrected chi connectivity index (χ2v) is 4.37. The molecule has 1 aliphatic rings. The summed E-state index contributed by atoms with van der Waals surface area (Å²) in [5, 5.41) is 36.0. The molecule has 21 heavy (non-hydrogen) atoms. The van der Waals surface area contributed by atoms with Gasteiger partial charge in [0.15, 0.2) is 11.4 Å². The second kappa shape index (κ2) is 4.41. The molecule has 0 saturated carbocycles. The number of hydrogen-bond acceptors (Lipinski definition) is 6. The van der Waals surface area contributed by atoms with Crippen molar-refractivity contribution in [2.45, 2.75) is 0 Å². The molecule has 0 unspecified atom stereocenters. The summed E-state index contributed by atoms with van der Waals surface area (Å²) in [6, 6.07) is 6.66. The molecule has 0 amide bonds. The van der Waals surface area contributed by atoms with E-state index in [1.54, 1.807) is 0 Å². The highest BCUT2D eigenvalue weighted by Gasteiger charge is 2.25. The monoisotopic (exact) mass is 284 g/mol. The smallest absolute Gasteiger partial charge is 0.339 e. The number of carbonyl (C=O) groups excluding carboxylic acids is 1. The first-order chi connectivity index (χ1) is 10.0. The van der Waals surface area contributed by atoms with Gasteiger partial charge in [0.1, 0.15) is 17.0 Å². The number of para-hydroxylation sites is 1. The summed E-state index contributed by atoms with van der Waals surface area (Å²) < 4.78 is 0. The van der Waals surface area contributed by atoms with E-state index in [1.165, 1.54) is 30.3 Å². The van der Waals surface area contributed by atoms with Crippen molar-refractivity contribution in [3.05, 3.63) is 47.0 Å². The highest BCUT2D eigenvalue weighted by Crippen LogP contribution is 2.47. The van der Waals surface area contributed by atoms with Crippen LogP contribution >= 0.6 is 0 Å². The Bertz CT molecular complexity index is 826. The normalized spacial score (nSPS) is 11.6. The molecule has 3 rings (SSSR count). The first-order valence-corrected chi connectivity index (χ1v) is 5.88. The number of nitrogens with zero attached hydrogens (tertiary/aromatic N) is 2. The molecule has 0 aromatic heterocycles. The Hall–Kier alpha value is -3.22. The lowest BCUT2D eigenvalue weighted by Gasteiger charge is -2.13. The number of ketones is 1. The van der Waals surface area contributed by atoms with E-state index in [9.17, 15) is 19.8 Å². The van der Waals surface area contributed by atoms with E-state index in [2.05, 4.69) is 10.2 Å². The number of hydrogen-bond donors (Lipinski definition) is 3. The molecule has 0 atom stereocenters. The lowest BCUT2D eigenvalue weighted by molar-refractivity contribution is 0.0693. The zero-order chi connectivity index (χ0) is 15.1. The zero-order valence-corrected chi connectivity index (χ0v) is 10.4. The maximum atomic E-state index is 12.4. The third-order valence-corrected chi connectivity index (χ3v) is 3.14. The van der Waals surface area contributed by atoms with Crippen LogP contribution in [-0.4, -0.2) is 27.1 Å². The number of carboxylic acid groups (broad SMARTS) is 1. The average Bonchev–Trinajstić information content (AvgIpc) is 2.40. The van der Waals surface area contributed by atoms with E-state index in [0.717, 1.165) is 0 Å². The quantitative estimate of drug-likeness (QED) is 0.639. The van der Waals surface area contributed by atoms with Crippen LogP contribution in [0.2, 0.25) is 0 Å². The first kappa shape index (κ1) is 12.8. The largest absolute Gasteiger partial charge is 0.506 e. The maximum Gasteiger partial charge on any atom is 0.339 e. The predicted molar refractivity (Wildman–Crippen MR) is 70.8 cm³/mol. The van der Waals surface area contributed by atoms with Gasteiger partial charge in [-0.3, -0.25) is 4.79 Å². The van der Waals surface area contributed by atoms with Gasteiger partial charge in [-0.1, -0.05) is 6.07 Å². The number of phenolic OH excluding ortho intramolecular Hbond substituents is 1. The molecule has 0 saturated heterocycles. The van der Waals surface area contributed by atoms with Crippen LogP contribution in [0.3, 0.4) is 0 Å². The molecule has 0 radical (unpaired) electrons. The minimum atomic E-state index is -1.35. The molecule has 1 heterocycles. The number of aromatic carboxylic acids is 1. The Balaban J connectivity index is 2.10. The Morgan fingerprint density at radius 3 is 2.14 bits per heavy atom. The predicted octanol–water partition coefficient (Wildman–Crippen LogP) is 2.76. The third kappa shape index (κ3) is 1.83. The van der Waals surface area contributed by atoms with Crippen molar-refractivity contribution in [2.24, 2.45) is 10.2 Å². The van der Waals surface area contributed by atoms with Crippen molar-refractivity contribution in [2.75, 3.05) is 0 Å². The summed E-state index contributed by atoms with van der Waals surface area (Å²) in [4.78, 5) is 23.3. The highest BCUT2D eigenvalue weighted by atomic mass is 16.4. The number of fused-ring (bicyclic) bond motifs is 1. The first-order valence-electron chi connectivity index (χ1n) is 5.88. The molecule has 7 heteroatoms. The molecule has 104 valence electrons. The summed E-state index contributed by atoms with van der Waals surface area (Å²) in [5.41, 5.74) is -0.00194. The molecular formula is C14H8N2O5. The topological polar surface area (TPSA) is 120 Å². The van der Waals surface area contributed by atoms with Gasteiger partial charge in [-0.15, -0.1) is 10.2 Å². The Morgan fingerprint density at radius 2 is 1.52 bits per heavy atom. The number of aromatic hydroxyl groups is 2. The van der Waals surface area contributed by atoms with Gasteiger partial charge >= 0.3 is 5.97 Å². The zero-order valence-electron chi connectivity index (χ0n) is 10.4. The van der Waals surface area contributed by atoms with Crippen LogP contribution in [0.5, 0.6) is 11.5 Å². The summed E-state index contributed by atoms with van der Waals surface area (Å²) in [5.74, 6) is -3.03. The summed E-state index contributed by atoms with van der Waals surface area (Å²) in [6.45, 7) is 0. The summed E-state index contributed by atoms with van der Waals surface area (Å²) in [6.07, 6.45) is 0. The van der Waals surface area contributed by atoms with Crippen molar-refractivity contribution in [1.29, 1.82) is 0 Å². The van der Waals surface area contributed by atoms with E-state index in [4.69, 9.17) is 5.11 Å². The number of carboxylic acids is 1. The maximum absolute atomic E-state index is 12.4. The Kier molecular flexibility index (Phi) is 2.69. The van der Waals surface area contributed by atoms with Crippen LogP contribution in [0.1, 0.15) is 26.3 Å². The van der Waals surface area contributed by atoms with Gasteiger partial charge in [-0.25, -0.2) is 4.79 Å². The fraction of sp³-hybridized carbons (Fsp3) is 0. The fourth-order valence-corrected chi connectivity index (χ4v) is 2.04. The van der Waals surface area contributed by atoms with Crippen LogP contribution in [0.15, 0.2) is 40.6 Å². The third-order valence-electron chi connectivity index (χ3n) is 3.14. The molecule has 3 N–H and O–H groups in total. The average molecular weight is 284 g/mol. The summed E-state index contributed by atoms with van der Waals surface area (Å²) in [7, 11) is 0. The number of phenols is 2. The molecular weight excluding hydrogens is 276 g/mol. The van der Waals surface area contributed by atoms with E-state index >= 15 is 0 Å². The minimum absolute atomic E-state index is 0.0785. The van der Waals surface area contributed by atoms with E-state index in [-0.39, 0.29) is 28.1 Å². The van der Waals surface area contributed by atoms with Crippen LogP contribution in [0.4, 0.5) is 11.4 Å². The molecule has 1 aliphatic heterocycles. The van der Waals surface area contributed by atoms with Crippen molar-refractivity contribution in [3.8, 4) is 11.5 Å². The standard InChI is InChI=1S/C14H8N2O5/c17-11(6-2-1-3-8(12(6)18)14(20)21)7-4-5-9-10(13(7)19)16-15-9/h1-5,18-19H,(H,20,21). The minimum Gasteiger partial charge on any atom is -0.506 e. The van der Waals surface area contributed by atoms with Crippen LogP contribution in [0, 0.1) is 0 Å². The van der Waals surface area contributed by atoms with E-state index < -0.39 is 17.5 Å². The van der Waals surface area contributed by atoms with E-state index in [0.29, 0.717) is 5.69 Å². The highest BCUT2D eigenvalue weighted by molar-refractivity contribution is 6.14. The number of benzene rings is 2. The second-order valence-electron chi connectivity index (χ2n) is 4.37. The summed E-state index contributed by atoms with van der Waals surface area (Å²) >= 11 is 0. The van der Waals surface area contributed by atoms with Crippen molar-refractivity contribution < 1.29 is 24.9 Å². The van der Waals surface area contributed by atoms with E-state index in [1.807, 2.05) is 0 Å². The van der Waals surface area contributed by atoms with Gasteiger partial charge in [-0.05, 0) is 24.3 Å². The van der Waals surface area contributed by atoms with Crippen LogP contribution < -0.4 is 0 Å². The molecule has 0 fully saturated rings. The number of carbonyl (C=O) groups is 2. The van der Waals surface area contributed by atoms with Crippen LogP contribution in [-0.2, 0) is 0 Å². The number of azo groups is 1. The van der Waals surface area contributed by atoms with Crippen molar-refractivity contribution >= 4 is 23.1 Å². The van der Waals surface area contributed by atoms with Gasteiger partial charge in [0.05, 0.1) is 11.1 Å².